The molecule has 1 aromatic heterocycles. The number of anilines is 1. The standard InChI is InChI=1S/C26H22FN3O.C10H22N2/c1-26(10-7-19(16-28)8-11-26)21-5-6-24-23(15-21)20(17-31)14-25(30-24)29-12-9-18-3-2-4-22(27)13-18;1-3-4-7-11-9-10-6-5-8-12(10)2/h2-8,10,13-15,17H,9,11-12H2,1H3,(H,29,30);10-11H,3-9H2,1-2H3. The molecule has 3 aromatic rings. The number of nitrogens with one attached hydrogen (secondary N) is 2. The molecule has 7 heteroatoms. The van der Waals surface area contributed by atoms with Crippen molar-refractivity contribution in [3.63, 3.8) is 0 Å². The number of nitrogens with zero attached hydrogens (tertiary/aromatic N) is 3. The van der Waals surface area contributed by atoms with Crippen LogP contribution in [-0.4, -0.2) is 55.4 Å². The average Bonchev–Trinajstić information content (AvgIpc) is 3.43. The van der Waals surface area contributed by atoms with Gasteiger partial charge in [0.25, 0.3) is 0 Å². The van der Waals surface area contributed by atoms with E-state index in [1.165, 1.54) is 57.5 Å². The highest BCUT2D eigenvalue weighted by molar-refractivity contribution is 5.98. The number of hydrogen-bond donors (Lipinski definition) is 2. The summed E-state index contributed by atoms with van der Waals surface area (Å²) in [6.45, 7) is 8.61. The molecule has 1 saturated heterocycles. The third kappa shape index (κ3) is 8.82. The van der Waals surface area contributed by atoms with Gasteiger partial charge < -0.3 is 15.5 Å². The predicted octanol–water partition coefficient (Wildman–Crippen LogP) is 6.98. The number of likely N-dealkylation sites (N-methyl/N-ethyl adjacent to an activating group) is 1. The van der Waals surface area contributed by atoms with Crippen molar-refractivity contribution in [2.45, 2.75) is 63.8 Å². The van der Waals surface area contributed by atoms with Gasteiger partial charge in [-0.25, -0.2) is 9.37 Å². The fourth-order valence-corrected chi connectivity index (χ4v) is 5.66. The van der Waals surface area contributed by atoms with Gasteiger partial charge in [0.2, 0.25) is 0 Å². The van der Waals surface area contributed by atoms with Gasteiger partial charge in [-0.15, -0.1) is 0 Å². The Kier molecular flexibility index (Phi) is 11.6. The summed E-state index contributed by atoms with van der Waals surface area (Å²) in [5, 5.41) is 16.6. The number of pyridine rings is 1. The van der Waals surface area contributed by atoms with Gasteiger partial charge in [0, 0.05) is 41.1 Å². The molecule has 226 valence electrons. The van der Waals surface area contributed by atoms with E-state index in [1.54, 1.807) is 12.1 Å². The third-order valence-electron chi connectivity index (χ3n) is 8.50. The minimum absolute atomic E-state index is 0.240. The number of unbranched alkanes of at least 4 members (excludes halogenated alkanes) is 1. The van der Waals surface area contributed by atoms with Gasteiger partial charge in [-0.2, -0.15) is 5.26 Å². The number of rotatable bonds is 11. The lowest BCUT2D eigenvalue weighted by Crippen LogP contribution is -2.35. The van der Waals surface area contributed by atoms with Crippen LogP contribution >= 0.6 is 0 Å². The molecule has 2 N–H and O–H groups in total. The lowest BCUT2D eigenvalue weighted by Gasteiger charge is -2.28. The molecule has 5 rings (SSSR count). The summed E-state index contributed by atoms with van der Waals surface area (Å²) >= 11 is 0. The minimum Gasteiger partial charge on any atom is -0.370 e. The second-order valence-electron chi connectivity index (χ2n) is 11.8. The molecule has 2 aromatic carbocycles. The van der Waals surface area contributed by atoms with Crippen molar-refractivity contribution in [1.29, 1.82) is 5.26 Å². The van der Waals surface area contributed by atoms with Crippen LogP contribution in [0.3, 0.4) is 0 Å². The molecule has 1 aliphatic carbocycles. The van der Waals surface area contributed by atoms with E-state index < -0.39 is 0 Å². The Bertz CT molecular complexity index is 1490. The van der Waals surface area contributed by atoms with E-state index in [2.05, 4.69) is 47.5 Å². The van der Waals surface area contributed by atoms with Crippen LogP contribution in [0.15, 0.2) is 72.3 Å². The van der Waals surface area contributed by atoms with Gasteiger partial charge >= 0.3 is 0 Å². The summed E-state index contributed by atoms with van der Waals surface area (Å²) in [7, 11) is 2.24. The largest absolute Gasteiger partial charge is 0.370 e. The summed E-state index contributed by atoms with van der Waals surface area (Å²) in [5.74, 6) is 0.366. The summed E-state index contributed by atoms with van der Waals surface area (Å²) in [6.07, 6.45) is 13.4. The van der Waals surface area contributed by atoms with E-state index in [9.17, 15) is 9.18 Å². The summed E-state index contributed by atoms with van der Waals surface area (Å²) < 4.78 is 13.3. The summed E-state index contributed by atoms with van der Waals surface area (Å²) in [5.41, 5.74) is 3.70. The number of fused-ring (bicyclic) bond motifs is 1. The first kappa shape index (κ1) is 32.1. The molecule has 6 nitrogen and oxygen atoms in total. The fraction of sp³-hybridized carbons (Fsp3) is 0.417. The van der Waals surface area contributed by atoms with Crippen LogP contribution in [0, 0.1) is 17.1 Å². The number of carbonyl (C=O) groups excluding carboxylic acids is 1. The van der Waals surface area contributed by atoms with E-state index >= 15 is 0 Å². The van der Waals surface area contributed by atoms with Crippen LogP contribution in [0.25, 0.3) is 10.9 Å². The van der Waals surface area contributed by atoms with Gasteiger partial charge in [0.1, 0.15) is 11.6 Å². The zero-order valence-electron chi connectivity index (χ0n) is 25.7. The van der Waals surface area contributed by atoms with Gasteiger partial charge in [-0.1, -0.05) is 50.6 Å². The van der Waals surface area contributed by atoms with Crippen LogP contribution in [0.5, 0.6) is 0 Å². The van der Waals surface area contributed by atoms with Crippen molar-refractivity contribution in [3.8, 4) is 6.07 Å². The molecule has 1 aliphatic heterocycles. The van der Waals surface area contributed by atoms with Crippen molar-refractivity contribution >= 4 is 23.0 Å². The average molecular weight is 582 g/mol. The molecule has 0 spiro atoms. The van der Waals surface area contributed by atoms with Gasteiger partial charge in [-0.3, -0.25) is 4.79 Å². The Morgan fingerprint density at radius 2 is 2.07 bits per heavy atom. The van der Waals surface area contributed by atoms with E-state index in [1.807, 2.05) is 42.5 Å². The topological polar surface area (TPSA) is 81.0 Å². The third-order valence-corrected chi connectivity index (χ3v) is 8.50. The van der Waals surface area contributed by atoms with Crippen molar-refractivity contribution in [1.82, 2.24) is 15.2 Å². The molecular formula is C36H44FN5O. The predicted molar refractivity (Wildman–Crippen MR) is 174 cm³/mol. The monoisotopic (exact) mass is 581 g/mol. The maximum atomic E-state index is 13.3. The number of benzene rings is 2. The molecule has 2 atom stereocenters. The second kappa shape index (κ2) is 15.6. The first-order valence-corrected chi connectivity index (χ1v) is 15.4. The van der Waals surface area contributed by atoms with Crippen LogP contribution in [0.4, 0.5) is 10.2 Å². The SMILES string of the molecule is CC1(c2ccc3nc(NCCc4cccc(F)c4)cc(C=O)c3c2)C=CC(C#N)=CC1.CCCCNCC1CCCN1C. The van der Waals surface area contributed by atoms with E-state index in [4.69, 9.17) is 5.26 Å². The number of halogens is 1. The molecule has 2 aliphatic rings. The molecule has 0 amide bonds. The van der Waals surface area contributed by atoms with Crippen LogP contribution in [-0.2, 0) is 11.8 Å². The lowest BCUT2D eigenvalue weighted by molar-refractivity contribution is 0.112. The number of likely N-dealkylation sites (tertiary alicyclic amines) is 1. The van der Waals surface area contributed by atoms with E-state index in [-0.39, 0.29) is 11.2 Å². The number of hydrogen-bond acceptors (Lipinski definition) is 6. The van der Waals surface area contributed by atoms with E-state index in [0.717, 1.165) is 40.8 Å². The van der Waals surface area contributed by atoms with Crippen LogP contribution < -0.4 is 10.6 Å². The fourth-order valence-electron chi connectivity index (χ4n) is 5.66. The minimum atomic E-state index is -0.249. The van der Waals surface area contributed by atoms with Crippen molar-refractivity contribution in [2.75, 3.05) is 38.5 Å². The number of aromatic nitrogens is 1. The Morgan fingerprint density at radius 1 is 1.21 bits per heavy atom. The molecule has 0 bridgehead atoms. The zero-order valence-corrected chi connectivity index (χ0v) is 25.7. The molecule has 0 saturated carbocycles. The van der Waals surface area contributed by atoms with Crippen LogP contribution in [0.2, 0.25) is 0 Å². The zero-order chi connectivity index (χ0) is 30.7. The molecule has 0 radical (unpaired) electrons. The quantitative estimate of drug-likeness (QED) is 0.188. The Hall–Kier alpha value is -3.86. The highest BCUT2D eigenvalue weighted by Gasteiger charge is 2.26. The van der Waals surface area contributed by atoms with Crippen molar-refractivity contribution in [2.24, 2.45) is 0 Å². The first-order chi connectivity index (χ1) is 20.8. The number of allylic oxidation sites excluding steroid dienone is 4. The maximum Gasteiger partial charge on any atom is 0.150 e. The summed E-state index contributed by atoms with van der Waals surface area (Å²) in [4.78, 5) is 18.9. The van der Waals surface area contributed by atoms with Crippen molar-refractivity contribution < 1.29 is 9.18 Å². The Morgan fingerprint density at radius 3 is 2.74 bits per heavy atom. The van der Waals surface area contributed by atoms with Crippen molar-refractivity contribution in [3.05, 3.63) is 94.8 Å². The highest BCUT2D eigenvalue weighted by atomic mass is 19.1. The molecular weight excluding hydrogens is 537 g/mol. The molecule has 1 fully saturated rings. The second-order valence-corrected chi connectivity index (χ2v) is 11.8. The van der Waals surface area contributed by atoms with Gasteiger partial charge in [0.05, 0.1) is 11.6 Å². The van der Waals surface area contributed by atoms with Gasteiger partial charge in [0.15, 0.2) is 6.29 Å². The molecule has 2 heterocycles. The first-order valence-electron chi connectivity index (χ1n) is 15.4. The maximum absolute atomic E-state index is 13.3. The molecule has 43 heavy (non-hydrogen) atoms. The van der Waals surface area contributed by atoms with Crippen LogP contribution in [0.1, 0.15) is 67.4 Å². The summed E-state index contributed by atoms with van der Waals surface area (Å²) in [6, 6.07) is 17.2. The smallest absolute Gasteiger partial charge is 0.150 e. The highest BCUT2D eigenvalue weighted by Crippen LogP contribution is 2.35. The van der Waals surface area contributed by atoms with E-state index in [0.29, 0.717) is 29.9 Å². The number of aldehydes is 1. The normalized spacial score (nSPS) is 19.8. The Balaban J connectivity index is 0.000000296. The number of carbonyl (C=O) groups is 1. The molecule has 2 unspecified atom stereocenters. The lowest BCUT2D eigenvalue weighted by atomic mass is 9.76. The number of nitriles is 1. The Labute approximate surface area is 255 Å². The van der Waals surface area contributed by atoms with Gasteiger partial charge in [-0.05, 0) is 99.8 Å².